The second kappa shape index (κ2) is 12.9. The fraction of sp³-hybridized carbons (Fsp3) is 0. The summed E-state index contributed by atoms with van der Waals surface area (Å²) in [6.07, 6.45) is 0. The molecule has 0 saturated carbocycles. The number of hydrogen-bond acceptors (Lipinski definition) is 3. The molecule has 0 atom stereocenters. The van der Waals surface area contributed by atoms with E-state index in [9.17, 15) is 0 Å². The number of nitrogens with zero attached hydrogens (tertiary/aromatic N) is 1. The first kappa shape index (κ1) is 32.5. The van der Waals surface area contributed by atoms with E-state index in [1.165, 1.54) is 101 Å². The van der Waals surface area contributed by atoms with E-state index >= 15 is 0 Å². The summed E-state index contributed by atoms with van der Waals surface area (Å²) in [6.45, 7) is 0. The first-order valence-corrected chi connectivity index (χ1v) is 21.0. The number of benzene rings is 10. The van der Waals surface area contributed by atoms with Crippen LogP contribution in [0.2, 0.25) is 0 Å². The fourth-order valence-electron chi connectivity index (χ4n) is 8.88. The van der Waals surface area contributed by atoms with Crippen LogP contribution in [-0.4, -0.2) is 0 Å². The predicted molar refractivity (Wildman–Crippen MR) is 250 cm³/mol. The van der Waals surface area contributed by atoms with Crippen molar-refractivity contribution in [2.24, 2.45) is 0 Å². The number of fused-ring (bicyclic) bond motifs is 10. The highest BCUT2D eigenvalue weighted by Crippen LogP contribution is 2.49. The van der Waals surface area contributed by atoms with Crippen LogP contribution in [-0.2, 0) is 0 Å². The Morgan fingerprint density at radius 3 is 1.51 bits per heavy atom. The largest absolute Gasteiger partial charge is 0.310 e. The molecule has 0 spiro atoms. The van der Waals surface area contributed by atoms with E-state index in [1.807, 2.05) is 22.7 Å². The van der Waals surface area contributed by atoms with Gasteiger partial charge < -0.3 is 4.90 Å². The molecule has 12 rings (SSSR count). The van der Waals surface area contributed by atoms with Crippen LogP contribution in [0.4, 0.5) is 17.1 Å². The third-order valence-corrected chi connectivity index (χ3v) is 14.1. The van der Waals surface area contributed by atoms with Crippen molar-refractivity contribution in [3.8, 4) is 22.3 Å². The molecule has 2 aromatic heterocycles. The molecule has 12 aromatic rings. The minimum atomic E-state index is 1.14. The molecule has 0 unspecified atom stereocenters. The average molecular weight is 760 g/mol. The van der Waals surface area contributed by atoms with Gasteiger partial charge in [0, 0.05) is 62.5 Å². The summed E-state index contributed by atoms with van der Waals surface area (Å²) in [6, 6.07) is 73.8. The van der Waals surface area contributed by atoms with E-state index in [0.717, 1.165) is 11.4 Å². The first-order chi connectivity index (χ1) is 28.2. The molecule has 10 aromatic carbocycles. The monoisotopic (exact) mass is 759 g/mol. The normalized spacial score (nSPS) is 11.9. The molecule has 0 saturated heterocycles. The Hall–Kier alpha value is -6.78. The topological polar surface area (TPSA) is 3.24 Å². The third kappa shape index (κ3) is 5.20. The van der Waals surface area contributed by atoms with Crippen molar-refractivity contribution in [3.05, 3.63) is 200 Å². The van der Waals surface area contributed by atoms with E-state index in [0.29, 0.717) is 0 Å². The fourth-order valence-corrected chi connectivity index (χ4v) is 11.5. The Kier molecular flexibility index (Phi) is 7.34. The zero-order chi connectivity index (χ0) is 37.5. The van der Waals surface area contributed by atoms with Gasteiger partial charge in [-0.2, -0.15) is 0 Å². The van der Waals surface area contributed by atoms with Gasteiger partial charge in [-0.1, -0.05) is 164 Å². The highest BCUT2D eigenvalue weighted by molar-refractivity contribution is 7.27. The van der Waals surface area contributed by atoms with Crippen LogP contribution in [0.5, 0.6) is 0 Å². The number of hydrogen-bond donors (Lipinski definition) is 0. The second-order valence-corrected chi connectivity index (χ2v) is 16.9. The minimum Gasteiger partial charge on any atom is -0.310 e. The van der Waals surface area contributed by atoms with Crippen LogP contribution < -0.4 is 4.90 Å². The molecule has 2 heterocycles. The lowest BCUT2D eigenvalue weighted by Gasteiger charge is -2.28. The molecular formula is C54H33NS2. The Morgan fingerprint density at radius 2 is 0.842 bits per heavy atom. The van der Waals surface area contributed by atoms with Gasteiger partial charge >= 0.3 is 0 Å². The van der Waals surface area contributed by atoms with E-state index in [1.54, 1.807) is 0 Å². The molecule has 266 valence electrons. The molecular weight excluding hydrogens is 727 g/mol. The summed E-state index contributed by atoms with van der Waals surface area (Å²) < 4.78 is 5.31. The van der Waals surface area contributed by atoms with Crippen molar-refractivity contribution >= 4 is 112 Å². The van der Waals surface area contributed by atoms with Gasteiger partial charge in [0.2, 0.25) is 0 Å². The predicted octanol–water partition coefficient (Wildman–Crippen LogP) is 16.7. The molecule has 0 aliphatic rings. The molecule has 0 fully saturated rings. The van der Waals surface area contributed by atoms with Crippen LogP contribution in [0.25, 0.3) is 94.9 Å². The molecule has 3 heteroatoms. The van der Waals surface area contributed by atoms with Crippen LogP contribution >= 0.6 is 22.7 Å². The first-order valence-electron chi connectivity index (χ1n) is 19.4. The molecule has 0 radical (unpaired) electrons. The van der Waals surface area contributed by atoms with Crippen molar-refractivity contribution in [2.45, 2.75) is 0 Å². The Balaban J connectivity index is 1.07. The van der Waals surface area contributed by atoms with Crippen molar-refractivity contribution in [1.29, 1.82) is 0 Å². The lowest BCUT2D eigenvalue weighted by Crippen LogP contribution is -2.10. The van der Waals surface area contributed by atoms with Gasteiger partial charge in [-0.25, -0.2) is 0 Å². The van der Waals surface area contributed by atoms with E-state index in [4.69, 9.17) is 0 Å². The highest BCUT2D eigenvalue weighted by Gasteiger charge is 2.21. The van der Waals surface area contributed by atoms with Gasteiger partial charge in [-0.15, -0.1) is 22.7 Å². The number of anilines is 3. The van der Waals surface area contributed by atoms with Gasteiger partial charge in [0.1, 0.15) is 0 Å². The Labute approximate surface area is 337 Å². The SMILES string of the molecule is c1ccc(-c2cccc3c2sc2c(-c4ccc5c(c4)sc4c6ccccc6c(N(c6ccc7ccccc7c6)c6ccc7ccccc7c6)cc54)cccc23)cc1. The van der Waals surface area contributed by atoms with E-state index in [-0.39, 0.29) is 0 Å². The smallest absolute Gasteiger partial charge is 0.0547 e. The Bertz CT molecular complexity index is 3460. The second-order valence-electron chi connectivity index (χ2n) is 14.9. The lowest BCUT2D eigenvalue weighted by atomic mass is 9.98. The maximum atomic E-state index is 2.46. The molecule has 0 N–H and O–H groups in total. The molecule has 57 heavy (non-hydrogen) atoms. The summed E-state index contributed by atoms with van der Waals surface area (Å²) in [5, 5.41) is 12.7. The molecule has 1 nitrogen and oxygen atoms in total. The Morgan fingerprint density at radius 1 is 0.298 bits per heavy atom. The molecule has 0 bridgehead atoms. The molecule has 0 aliphatic carbocycles. The van der Waals surface area contributed by atoms with Gasteiger partial charge in [0.05, 0.1) is 5.69 Å². The summed E-state index contributed by atoms with van der Waals surface area (Å²) >= 11 is 3.83. The van der Waals surface area contributed by atoms with Crippen molar-refractivity contribution in [1.82, 2.24) is 0 Å². The van der Waals surface area contributed by atoms with Crippen molar-refractivity contribution in [3.63, 3.8) is 0 Å². The summed E-state index contributed by atoms with van der Waals surface area (Å²) in [4.78, 5) is 2.46. The standard InChI is InChI=1S/C54H33NS2/c1-2-14-36(15-3-1)42-20-10-22-47-48-23-11-21-43(53(48)57-52(42)47)39-26-29-45-49-33-50(44-18-8-9-19-46(44)54(49)56-51(45)32-39)55(40-27-24-34-12-4-6-16-37(34)30-40)41-28-25-35-13-5-7-17-38(35)31-41/h1-33H. The van der Waals surface area contributed by atoms with Gasteiger partial charge in [0.25, 0.3) is 0 Å². The van der Waals surface area contributed by atoms with Crippen molar-refractivity contribution < 1.29 is 0 Å². The summed E-state index contributed by atoms with van der Waals surface area (Å²) in [5.74, 6) is 0. The van der Waals surface area contributed by atoms with Crippen LogP contribution in [0.3, 0.4) is 0 Å². The summed E-state index contributed by atoms with van der Waals surface area (Å²) in [5.41, 5.74) is 8.56. The summed E-state index contributed by atoms with van der Waals surface area (Å²) in [7, 11) is 0. The van der Waals surface area contributed by atoms with Gasteiger partial charge in [-0.05, 0) is 80.2 Å². The van der Waals surface area contributed by atoms with Crippen LogP contribution in [0.15, 0.2) is 200 Å². The molecule has 0 aliphatic heterocycles. The van der Waals surface area contributed by atoms with E-state index < -0.39 is 0 Å². The van der Waals surface area contributed by atoms with Crippen LogP contribution in [0, 0.1) is 0 Å². The average Bonchev–Trinajstić information content (AvgIpc) is 3.85. The zero-order valence-electron chi connectivity index (χ0n) is 30.8. The van der Waals surface area contributed by atoms with Gasteiger partial charge in [-0.3, -0.25) is 0 Å². The number of thiophene rings is 2. The quantitative estimate of drug-likeness (QED) is 0.169. The maximum Gasteiger partial charge on any atom is 0.0547 e. The van der Waals surface area contributed by atoms with E-state index in [2.05, 4.69) is 205 Å². The zero-order valence-corrected chi connectivity index (χ0v) is 32.4. The van der Waals surface area contributed by atoms with Gasteiger partial charge in [0.15, 0.2) is 0 Å². The van der Waals surface area contributed by atoms with Crippen molar-refractivity contribution in [2.75, 3.05) is 4.90 Å². The lowest BCUT2D eigenvalue weighted by molar-refractivity contribution is 1.31. The van der Waals surface area contributed by atoms with Crippen LogP contribution in [0.1, 0.15) is 0 Å². The molecule has 0 amide bonds. The highest BCUT2D eigenvalue weighted by atomic mass is 32.1. The minimum absolute atomic E-state index is 1.14. The number of rotatable bonds is 5. The maximum absolute atomic E-state index is 2.46. The third-order valence-electron chi connectivity index (χ3n) is 11.6.